The summed E-state index contributed by atoms with van der Waals surface area (Å²) in [5, 5.41) is 0. The molecular formula is C19H30N2. The molecule has 3 rings (SSSR count). The van der Waals surface area contributed by atoms with Crippen LogP contribution in [0.15, 0.2) is 18.2 Å². The van der Waals surface area contributed by atoms with Gasteiger partial charge in [-0.15, -0.1) is 0 Å². The zero-order valence-electron chi connectivity index (χ0n) is 13.6. The van der Waals surface area contributed by atoms with Gasteiger partial charge in [0, 0.05) is 18.6 Å². The first-order chi connectivity index (χ1) is 10.2. The molecule has 2 atom stereocenters. The number of hydrogen-bond donors (Lipinski definition) is 1. The third-order valence-electron chi connectivity index (χ3n) is 5.92. The van der Waals surface area contributed by atoms with Crippen LogP contribution in [0.4, 0.5) is 0 Å². The Morgan fingerprint density at radius 1 is 1.14 bits per heavy atom. The molecular weight excluding hydrogens is 256 g/mol. The van der Waals surface area contributed by atoms with E-state index in [0.717, 1.165) is 18.5 Å². The van der Waals surface area contributed by atoms with E-state index in [1.165, 1.54) is 61.8 Å². The molecule has 1 heterocycles. The van der Waals surface area contributed by atoms with Gasteiger partial charge in [0.15, 0.2) is 0 Å². The summed E-state index contributed by atoms with van der Waals surface area (Å²) in [7, 11) is 0. The second-order valence-corrected chi connectivity index (χ2v) is 7.03. The van der Waals surface area contributed by atoms with Crippen LogP contribution in [0, 0.1) is 19.8 Å². The van der Waals surface area contributed by atoms with Crippen LogP contribution in [0.25, 0.3) is 0 Å². The molecule has 2 nitrogen and oxygen atoms in total. The minimum atomic E-state index is 0.415. The van der Waals surface area contributed by atoms with Crippen molar-refractivity contribution in [1.82, 2.24) is 4.90 Å². The highest BCUT2D eigenvalue weighted by Crippen LogP contribution is 2.39. The van der Waals surface area contributed by atoms with Gasteiger partial charge in [-0.3, -0.25) is 4.90 Å². The quantitative estimate of drug-likeness (QED) is 0.908. The van der Waals surface area contributed by atoms with Crippen LogP contribution in [0.2, 0.25) is 0 Å². The van der Waals surface area contributed by atoms with Crippen LogP contribution in [-0.2, 0) is 0 Å². The molecule has 1 aliphatic carbocycles. The summed E-state index contributed by atoms with van der Waals surface area (Å²) in [6, 6.07) is 7.90. The number of nitrogens with zero attached hydrogens (tertiary/aromatic N) is 1. The van der Waals surface area contributed by atoms with Crippen LogP contribution < -0.4 is 5.73 Å². The molecule has 1 aliphatic heterocycles. The molecule has 2 heteroatoms. The van der Waals surface area contributed by atoms with E-state index in [1.54, 1.807) is 0 Å². The second-order valence-electron chi connectivity index (χ2n) is 7.03. The Morgan fingerprint density at radius 2 is 1.90 bits per heavy atom. The number of nitrogens with two attached hydrogens (primary N) is 1. The van der Waals surface area contributed by atoms with E-state index in [4.69, 9.17) is 5.73 Å². The van der Waals surface area contributed by atoms with Gasteiger partial charge in [-0.25, -0.2) is 0 Å². The maximum absolute atomic E-state index is 6.22. The molecule has 0 spiro atoms. The summed E-state index contributed by atoms with van der Waals surface area (Å²) < 4.78 is 0. The largest absolute Gasteiger partial charge is 0.329 e. The molecule has 2 unspecified atom stereocenters. The Balaban J connectivity index is 1.86. The Morgan fingerprint density at radius 3 is 2.62 bits per heavy atom. The van der Waals surface area contributed by atoms with E-state index >= 15 is 0 Å². The van der Waals surface area contributed by atoms with Crippen LogP contribution in [-0.4, -0.2) is 24.0 Å². The van der Waals surface area contributed by atoms with Crippen molar-refractivity contribution in [2.45, 2.75) is 64.5 Å². The average Bonchev–Trinajstić information content (AvgIpc) is 3.14. The maximum Gasteiger partial charge on any atom is 0.0476 e. The first-order valence-corrected chi connectivity index (χ1v) is 8.74. The second kappa shape index (κ2) is 6.50. The first-order valence-electron chi connectivity index (χ1n) is 8.74. The summed E-state index contributed by atoms with van der Waals surface area (Å²) in [6.07, 6.45) is 8.47. The molecule has 0 radical (unpaired) electrons. The Hall–Kier alpha value is -0.860. The summed E-state index contributed by atoms with van der Waals surface area (Å²) in [5.74, 6) is 0.923. The molecule has 21 heavy (non-hydrogen) atoms. The van der Waals surface area contributed by atoms with E-state index in [1.807, 2.05) is 0 Å². The normalized spacial score (nSPS) is 25.6. The van der Waals surface area contributed by atoms with Gasteiger partial charge in [-0.1, -0.05) is 31.0 Å². The van der Waals surface area contributed by atoms with Crippen molar-refractivity contribution in [1.29, 1.82) is 0 Å². The lowest BCUT2D eigenvalue weighted by molar-refractivity contribution is 0.137. The topological polar surface area (TPSA) is 29.3 Å². The van der Waals surface area contributed by atoms with Crippen molar-refractivity contribution in [3.63, 3.8) is 0 Å². The maximum atomic E-state index is 6.22. The summed E-state index contributed by atoms with van der Waals surface area (Å²) in [5.41, 5.74) is 10.5. The van der Waals surface area contributed by atoms with E-state index < -0.39 is 0 Å². The predicted molar refractivity (Wildman–Crippen MR) is 89.4 cm³/mol. The molecule has 0 bridgehead atoms. The monoisotopic (exact) mass is 286 g/mol. The SMILES string of the molecule is Cc1cccc(C(CN)N2CCCC2C2CCCC2)c1C. The zero-order chi connectivity index (χ0) is 14.8. The van der Waals surface area contributed by atoms with Crippen molar-refractivity contribution < 1.29 is 0 Å². The van der Waals surface area contributed by atoms with Crippen molar-refractivity contribution in [2.75, 3.05) is 13.1 Å². The average molecular weight is 286 g/mol. The number of rotatable bonds is 4. The van der Waals surface area contributed by atoms with Crippen LogP contribution >= 0.6 is 0 Å². The molecule has 2 N–H and O–H groups in total. The minimum Gasteiger partial charge on any atom is -0.329 e. The lowest BCUT2D eigenvalue weighted by atomic mass is 9.92. The summed E-state index contributed by atoms with van der Waals surface area (Å²) in [6.45, 7) is 6.45. The lowest BCUT2D eigenvalue weighted by Crippen LogP contribution is -2.41. The Labute approximate surface area is 129 Å². The van der Waals surface area contributed by atoms with Crippen molar-refractivity contribution in [3.05, 3.63) is 34.9 Å². The molecule has 2 fully saturated rings. The highest BCUT2D eigenvalue weighted by atomic mass is 15.2. The van der Waals surface area contributed by atoms with Crippen LogP contribution in [0.5, 0.6) is 0 Å². The van der Waals surface area contributed by atoms with E-state index in [0.29, 0.717) is 6.04 Å². The number of aryl methyl sites for hydroxylation is 1. The molecule has 0 aromatic heterocycles. The molecule has 1 saturated carbocycles. The Bertz CT molecular complexity index is 476. The minimum absolute atomic E-state index is 0.415. The van der Waals surface area contributed by atoms with E-state index in [-0.39, 0.29) is 0 Å². The number of benzene rings is 1. The van der Waals surface area contributed by atoms with Gasteiger partial charge in [0.1, 0.15) is 0 Å². The zero-order valence-corrected chi connectivity index (χ0v) is 13.6. The van der Waals surface area contributed by atoms with Gasteiger partial charge < -0.3 is 5.73 Å². The van der Waals surface area contributed by atoms with Crippen LogP contribution in [0.3, 0.4) is 0 Å². The molecule has 0 amide bonds. The standard InChI is InChI=1S/C19H30N2/c1-14-7-5-10-17(15(14)2)19(13-20)21-12-6-11-18(21)16-8-3-4-9-16/h5,7,10,16,18-19H,3-4,6,8-9,11-13,20H2,1-2H3. The number of hydrogen-bond acceptors (Lipinski definition) is 2. The van der Waals surface area contributed by atoms with Gasteiger partial charge in [-0.2, -0.15) is 0 Å². The van der Waals surface area contributed by atoms with Crippen molar-refractivity contribution >= 4 is 0 Å². The summed E-state index contributed by atoms with van der Waals surface area (Å²) in [4.78, 5) is 2.75. The first kappa shape index (κ1) is 15.1. The molecule has 1 aromatic rings. The lowest BCUT2D eigenvalue weighted by Gasteiger charge is -2.36. The molecule has 1 saturated heterocycles. The highest BCUT2D eigenvalue weighted by Gasteiger charge is 2.37. The number of likely N-dealkylation sites (tertiary alicyclic amines) is 1. The van der Waals surface area contributed by atoms with Crippen molar-refractivity contribution in [2.24, 2.45) is 11.7 Å². The van der Waals surface area contributed by atoms with Crippen LogP contribution in [0.1, 0.15) is 61.3 Å². The smallest absolute Gasteiger partial charge is 0.0476 e. The third-order valence-corrected chi connectivity index (χ3v) is 5.92. The fraction of sp³-hybridized carbons (Fsp3) is 0.684. The van der Waals surface area contributed by atoms with Gasteiger partial charge in [0.25, 0.3) is 0 Å². The predicted octanol–water partition coefficient (Wildman–Crippen LogP) is 3.96. The van der Waals surface area contributed by atoms with Gasteiger partial charge in [-0.05, 0) is 68.7 Å². The van der Waals surface area contributed by atoms with Crippen molar-refractivity contribution in [3.8, 4) is 0 Å². The van der Waals surface area contributed by atoms with Gasteiger partial charge >= 0.3 is 0 Å². The highest BCUT2D eigenvalue weighted by molar-refractivity contribution is 5.35. The van der Waals surface area contributed by atoms with Gasteiger partial charge in [0.05, 0.1) is 0 Å². The van der Waals surface area contributed by atoms with Gasteiger partial charge in [0.2, 0.25) is 0 Å². The summed E-state index contributed by atoms with van der Waals surface area (Å²) >= 11 is 0. The third kappa shape index (κ3) is 2.89. The van der Waals surface area contributed by atoms with E-state index in [2.05, 4.69) is 36.9 Å². The Kier molecular flexibility index (Phi) is 4.66. The molecule has 1 aromatic carbocycles. The van der Waals surface area contributed by atoms with E-state index in [9.17, 15) is 0 Å². The fourth-order valence-corrected chi connectivity index (χ4v) is 4.63. The molecule has 116 valence electrons. The molecule has 2 aliphatic rings. The fourth-order valence-electron chi connectivity index (χ4n) is 4.63.